The zero-order valence-electron chi connectivity index (χ0n) is 11.3. The van der Waals surface area contributed by atoms with E-state index in [1.54, 1.807) is 6.20 Å². The van der Waals surface area contributed by atoms with Gasteiger partial charge in [-0.05, 0) is 11.0 Å². The van der Waals surface area contributed by atoms with Gasteiger partial charge in [-0.1, -0.05) is 37.6 Å². The molecule has 1 aromatic rings. The minimum absolute atomic E-state index is 0.473. The molecule has 0 atom stereocenters. The van der Waals surface area contributed by atoms with Crippen molar-refractivity contribution < 1.29 is 4.68 Å². The Morgan fingerprint density at radius 2 is 2.33 bits per heavy atom. The maximum absolute atomic E-state index is 6.97. The Balaban J connectivity index is 2.93. The Labute approximate surface area is 109 Å². The number of hydrogen-bond acceptors (Lipinski definition) is 3. The Bertz CT molecular complexity index is 430. The lowest BCUT2D eigenvalue weighted by Gasteiger charge is -2.00. The highest BCUT2D eigenvalue weighted by atomic mass is 15.2. The van der Waals surface area contributed by atoms with Gasteiger partial charge in [0.2, 0.25) is 0 Å². The lowest BCUT2D eigenvalue weighted by atomic mass is 10.1. The van der Waals surface area contributed by atoms with E-state index in [0.717, 1.165) is 24.1 Å². The van der Waals surface area contributed by atoms with Crippen molar-refractivity contribution in [3.05, 3.63) is 42.4 Å². The predicted molar refractivity (Wildman–Crippen MR) is 71.8 cm³/mol. The van der Waals surface area contributed by atoms with Crippen LogP contribution in [0.15, 0.2) is 41.9 Å². The fraction of sp³-hybridized carbons (Fsp3) is 0.429. The van der Waals surface area contributed by atoms with E-state index in [4.69, 9.17) is 5.53 Å². The van der Waals surface area contributed by atoms with Crippen molar-refractivity contribution in [2.24, 2.45) is 11.0 Å². The molecular formula is C14H21N4+. The van der Waals surface area contributed by atoms with E-state index in [1.807, 2.05) is 29.2 Å². The fourth-order valence-electron chi connectivity index (χ4n) is 1.50. The molecular weight excluding hydrogens is 224 g/mol. The van der Waals surface area contributed by atoms with Gasteiger partial charge in [-0.2, -0.15) is 5.11 Å². The predicted octanol–water partition coefficient (Wildman–Crippen LogP) is 3.36. The summed E-state index contributed by atoms with van der Waals surface area (Å²) in [4.78, 5) is 0. The zero-order valence-corrected chi connectivity index (χ0v) is 11.3. The number of aryl methyl sites for hydroxylation is 1. The van der Waals surface area contributed by atoms with Crippen molar-refractivity contribution in [1.82, 2.24) is 5.10 Å². The molecule has 0 amide bonds. The van der Waals surface area contributed by atoms with Crippen LogP contribution >= 0.6 is 0 Å². The Kier molecular flexibility index (Phi) is 5.91. The third-order valence-electron chi connectivity index (χ3n) is 2.42. The van der Waals surface area contributed by atoms with Gasteiger partial charge in [0.05, 0.1) is 6.20 Å². The molecule has 0 aromatic carbocycles. The van der Waals surface area contributed by atoms with Gasteiger partial charge >= 0.3 is 0 Å². The van der Waals surface area contributed by atoms with Crippen LogP contribution in [0.2, 0.25) is 0 Å². The quantitative estimate of drug-likeness (QED) is 0.466. The van der Waals surface area contributed by atoms with Crippen molar-refractivity contribution in [2.75, 3.05) is 0 Å². The normalized spacial score (nSPS) is 12.3. The lowest BCUT2D eigenvalue weighted by molar-refractivity contribution is -0.753. The van der Waals surface area contributed by atoms with Crippen molar-refractivity contribution in [3.63, 3.8) is 0 Å². The summed E-state index contributed by atoms with van der Waals surface area (Å²) in [6, 6.07) is 2.00. The van der Waals surface area contributed by atoms with Crippen molar-refractivity contribution >= 4 is 5.57 Å². The summed E-state index contributed by atoms with van der Waals surface area (Å²) >= 11 is 0. The minimum Gasteiger partial charge on any atom is -0.205 e. The molecule has 0 fully saturated rings. The Morgan fingerprint density at radius 1 is 1.56 bits per heavy atom. The van der Waals surface area contributed by atoms with Crippen molar-refractivity contribution in [3.8, 4) is 0 Å². The van der Waals surface area contributed by atoms with Crippen LogP contribution in [0.25, 0.3) is 5.57 Å². The molecule has 4 nitrogen and oxygen atoms in total. The first-order chi connectivity index (χ1) is 8.67. The molecule has 0 radical (unpaired) electrons. The molecule has 0 aliphatic heterocycles. The molecule has 0 aliphatic carbocycles. The fourth-order valence-corrected chi connectivity index (χ4v) is 1.50. The number of nitrogens with one attached hydrogen (secondary N) is 1. The van der Waals surface area contributed by atoms with Crippen LogP contribution in [0.3, 0.4) is 0 Å². The SMILES string of the molecule is CCC[n+]1ccc(C(/C=C\C(C)C)=C/N=N)cn1. The average Bonchev–Trinajstić information content (AvgIpc) is 2.36. The first kappa shape index (κ1) is 14.2. The molecule has 1 N–H and O–H groups in total. The third kappa shape index (κ3) is 4.57. The molecule has 1 rings (SSSR count). The topological polar surface area (TPSA) is 53.0 Å². The maximum Gasteiger partial charge on any atom is 0.196 e. The first-order valence-corrected chi connectivity index (χ1v) is 6.28. The van der Waals surface area contributed by atoms with Gasteiger partial charge in [0.15, 0.2) is 12.7 Å². The number of hydrogen-bond donors (Lipinski definition) is 1. The highest BCUT2D eigenvalue weighted by Crippen LogP contribution is 2.15. The number of aromatic nitrogens is 2. The van der Waals surface area contributed by atoms with Gasteiger partial charge in [0.1, 0.15) is 6.20 Å². The Morgan fingerprint density at radius 3 is 2.83 bits per heavy atom. The molecule has 0 unspecified atom stereocenters. The van der Waals surface area contributed by atoms with E-state index in [2.05, 4.69) is 37.1 Å². The molecule has 96 valence electrons. The summed E-state index contributed by atoms with van der Waals surface area (Å²) in [5.41, 5.74) is 8.86. The molecule has 1 heterocycles. The Hall–Kier alpha value is -1.84. The summed E-state index contributed by atoms with van der Waals surface area (Å²) in [5, 5.41) is 7.69. The standard InChI is InChI=1S/C14H21N4/c1-4-8-18-9-7-14(11-17-18)13(10-16-15)6-5-12(2)3/h5-7,9-12,15H,4,8H2,1-3H3/q+1/b6-5-. The molecule has 1 aromatic heterocycles. The van der Waals surface area contributed by atoms with Crippen molar-refractivity contribution in [2.45, 2.75) is 33.7 Å². The molecule has 4 heteroatoms. The van der Waals surface area contributed by atoms with E-state index < -0.39 is 0 Å². The average molecular weight is 245 g/mol. The minimum atomic E-state index is 0.473. The van der Waals surface area contributed by atoms with E-state index in [-0.39, 0.29) is 0 Å². The molecule has 0 saturated carbocycles. The van der Waals surface area contributed by atoms with Crippen LogP contribution in [0.1, 0.15) is 32.8 Å². The summed E-state index contributed by atoms with van der Waals surface area (Å²) in [7, 11) is 0. The lowest BCUT2D eigenvalue weighted by Crippen LogP contribution is -2.37. The molecule has 18 heavy (non-hydrogen) atoms. The number of nitrogens with zero attached hydrogens (tertiary/aromatic N) is 3. The smallest absolute Gasteiger partial charge is 0.196 e. The third-order valence-corrected chi connectivity index (χ3v) is 2.42. The van der Waals surface area contributed by atoms with Gasteiger partial charge in [-0.3, -0.25) is 0 Å². The van der Waals surface area contributed by atoms with E-state index >= 15 is 0 Å². The molecule has 0 spiro atoms. The summed E-state index contributed by atoms with van der Waals surface area (Å²) in [6.07, 6.45) is 10.5. The van der Waals surface area contributed by atoms with E-state index in [1.165, 1.54) is 0 Å². The highest BCUT2D eigenvalue weighted by Gasteiger charge is 2.04. The van der Waals surface area contributed by atoms with Crippen LogP contribution in [0, 0.1) is 11.4 Å². The van der Waals surface area contributed by atoms with Gasteiger partial charge in [-0.25, -0.2) is 5.53 Å². The van der Waals surface area contributed by atoms with Gasteiger partial charge in [0, 0.05) is 23.6 Å². The molecule has 0 bridgehead atoms. The number of allylic oxidation sites excluding steroid dienone is 3. The van der Waals surface area contributed by atoms with Gasteiger partial charge in [-0.15, -0.1) is 0 Å². The zero-order chi connectivity index (χ0) is 13.4. The van der Waals surface area contributed by atoms with Crippen LogP contribution in [0.4, 0.5) is 0 Å². The summed E-state index contributed by atoms with van der Waals surface area (Å²) < 4.78 is 1.91. The van der Waals surface area contributed by atoms with E-state index in [0.29, 0.717) is 5.92 Å². The van der Waals surface area contributed by atoms with Crippen LogP contribution < -0.4 is 4.68 Å². The molecule has 0 aliphatic rings. The second-order valence-corrected chi connectivity index (χ2v) is 4.50. The second kappa shape index (κ2) is 7.48. The van der Waals surface area contributed by atoms with Gasteiger partial charge < -0.3 is 0 Å². The maximum atomic E-state index is 6.97. The van der Waals surface area contributed by atoms with Crippen molar-refractivity contribution in [1.29, 1.82) is 5.53 Å². The molecule has 0 saturated heterocycles. The number of rotatable bonds is 6. The monoisotopic (exact) mass is 245 g/mol. The largest absolute Gasteiger partial charge is 0.205 e. The van der Waals surface area contributed by atoms with E-state index in [9.17, 15) is 0 Å². The van der Waals surface area contributed by atoms with Crippen LogP contribution in [-0.4, -0.2) is 5.10 Å². The van der Waals surface area contributed by atoms with Crippen LogP contribution in [-0.2, 0) is 6.54 Å². The highest BCUT2D eigenvalue weighted by molar-refractivity contribution is 5.72. The first-order valence-electron chi connectivity index (χ1n) is 6.28. The second-order valence-electron chi connectivity index (χ2n) is 4.50. The summed E-state index contributed by atoms with van der Waals surface area (Å²) in [6.45, 7) is 7.27. The summed E-state index contributed by atoms with van der Waals surface area (Å²) in [5.74, 6) is 0.473. The van der Waals surface area contributed by atoms with Gasteiger partial charge in [0.25, 0.3) is 0 Å². The van der Waals surface area contributed by atoms with Crippen LogP contribution in [0.5, 0.6) is 0 Å².